The summed E-state index contributed by atoms with van der Waals surface area (Å²) in [5.74, 6) is 0.0357. The van der Waals surface area contributed by atoms with Crippen molar-refractivity contribution in [3.05, 3.63) is 30.3 Å². The number of amides is 1. The van der Waals surface area contributed by atoms with Gasteiger partial charge in [0.25, 0.3) is 0 Å². The minimum atomic E-state index is -0.829. The Balaban J connectivity index is 1.59. The lowest BCUT2D eigenvalue weighted by Gasteiger charge is -2.20. The van der Waals surface area contributed by atoms with Crippen molar-refractivity contribution in [3.8, 4) is 0 Å². The van der Waals surface area contributed by atoms with Crippen molar-refractivity contribution in [2.45, 2.75) is 30.2 Å². The summed E-state index contributed by atoms with van der Waals surface area (Å²) in [4.78, 5) is 25.9. The highest BCUT2D eigenvalue weighted by atomic mass is 32.2. The van der Waals surface area contributed by atoms with E-state index in [2.05, 4.69) is 17.4 Å². The molecule has 1 aliphatic heterocycles. The van der Waals surface area contributed by atoms with Crippen LogP contribution in [0.2, 0.25) is 0 Å². The lowest BCUT2D eigenvalue weighted by molar-refractivity contribution is -0.142. The highest BCUT2D eigenvalue weighted by molar-refractivity contribution is 7.99. The Bertz CT molecular complexity index is 495. The van der Waals surface area contributed by atoms with Crippen LogP contribution < -0.4 is 5.32 Å². The molecule has 0 bridgehead atoms. The molecule has 0 saturated carbocycles. The number of hydrogen-bond acceptors (Lipinski definition) is 4. The van der Waals surface area contributed by atoms with Crippen LogP contribution >= 0.6 is 11.8 Å². The van der Waals surface area contributed by atoms with Gasteiger partial charge in [-0.3, -0.25) is 14.5 Å². The SMILES string of the molecule is O=C(CN1CCCC1C(=O)O)NCCCSc1ccccc1. The van der Waals surface area contributed by atoms with Crippen molar-refractivity contribution in [3.63, 3.8) is 0 Å². The van der Waals surface area contributed by atoms with Crippen LogP contribution in [0, 0.1) is 0 Å². The van der Waals surface area contributed by atoms with E-state index < -0.39 is 12.0 Å². The van der Waals surface area contributed by atoms with Gasteiger partial charge >= 0.3 is 5.97 Å². The standard InChI is InChI=1S/C16H22N2O3S/c19-15(12-18-10-4-8-14(18)16(20)21)17-9-5-11-22-13-6-2-1-3-7-13/h1-3,6-7,14H,4-5,8-12H2,(H,17,19)(H,20,21). The normalized spacial score (nSPS) is 18.3. The van der Waals surface area contributed by atoms with Gasteiger partial charge in [-0.25, -0.2) is 0 Å². The van der Waals surface area contributed by atoms with Crippen LogP contribution in [0.4, 0.5) is 0 Å². The van der Waals surface area contributed by atoms with Crippen molar-refractivity contribution in [2.24, 2.45) is 0 Å². The van der Waals surface area contributed by atoms with Gasteiger partial charge in [0.2, 0.25) is 5.91 Å². The lowest BCUT2D eigenvalue weighted by Crippen LogP contribution is -2.43. The van der Waals surface area contributed by atoms with Crippen LogP contribution in [0.1, 0.15) is 19.3 Å². The van der Waals surface area contributed by atoms with E-state index in [1.807, 2.05) is 18.2 Å². The van der Waals surface area contributed by atoms with E-state index in [1.54, 1.807) is 16.7 Å². The van der Waals surface area contributed by atoms with E-state index in [0.29, 0.717) is 19.5 Å². The molecule has 2 rings (SSSR count). The summed E-state index contributed by atoms with van der Waals surface area (Å²) in [5.41, 5.74) is 0. The van der Waals surface area contributed by atoms with E-state index in [4.69, 9.17) is 5.11 Å². The van der Waals surface area contributed by atoms with Crippen LogP contribution in [0.25, 0.3) is 0 Å². The highest BCUT2D eigenvalue weighted by Crippen LogP contribution is 2.18. The minimum Gasteiger partial charge on any atom is -0.480 e. The van der Waals surface area contributed by atoms with Crippen LogP contribution in [-0.2, 0) is 9.59 Å². The average molecular weight is 322 g/mol. The maximum Gasteiger partial charge on any atom is 0.320 e. The van der Waals surface area contributed by atoms with E-state index in [0.717, 1.165) is 18.6 Å². The average Bonchev–Trinajstić information content (AvgIpc) is 2.96. The molecule has 1 aromatic rings. The number of benzene rings is 1. The monoisotopic (exact) mass is 322 g/mol. The van der Waals surface area contributed by atoms with Crippen molar-refractivity contribution in [1.82, 2.24) is 10.2 Å². The second-order valence-corrected chi connectivity index (χ2v) is 6.50. The second-order valence-electron chi connectivity index (χ2n) is 5.33. The molecule has 1 atom stereocenters. The Kier molecular flexibility index (Phi) is 6.74. The summed E-state index contributed by atoms with van der Waals surface area (Å²) >= 11 is 1.77. The molecular weight excluding hydrogens is 300 g/mol. The van der Waals surface area contributed by atoms with E-state index in [9.17, 15) is 9.59 Å². The van der Waals surface area contributed by atoms with Gasteiger partial charge in [0.15, 0.2) is 0 Å². The topological polar surface area (TPSA) is 69.6 Å². The van der Waals surface area contributed by atoms with E-state index in [1.165, 1.54) is 4.90 Å². The van der Waals surface area contributed by atoms with Crippen molar-refractivity contribution < 1.29 is 14.7 Å². The van der Waals surface area contributed by atoms with Crippen molar-refractivity contribution in [1.29, 1.82) is 0 Å². The molecule has 1 unspecified atom stereocenters. The fraction of sp³-hybridized carbons (Fsp3) is 0.500. The molecule has 0 aromatic heterocycles. The first-order chi connectivity index (χ1) is 10.7. The molecule has 5 nitrogen and oxygen atoms in total. The summed E-state index contributed by atoms with van der Waals surface area (Å²) in [5, 5.41) is 11.9. The van der Waals surface area contributed by atoms with Crippen LogP contribution in [-0.4, -0.2) is 53.3 Å². The molecule has 1 amide bonds. The quantitative estimate of drug-likeness (QED) is 0.564. The number of rotatable bonds is 8. The predicted octanol–water partition coefficient (Wildman–Crippen LogP) is 1.83. The third-order valence-electron chi connectivity index (χ3n) is 3.65. The summed E-state index contributed by atoms with van der Waals surface area (Å²) in [6, 6.07) is 9.66. The van der Waals surface area contributed by atoms with E-state index in [-0.39, 0.29) is 12.5 Å². The first-order valence-electron chi connectivity index (χ1n) is 7.58. The Morgan fingerprint density at radius 2 is 2.09 bits per heavy atom. The Morgan fingerprint density at radius 1 is 1.32 bits per heavy atom. The fourth-order valence-corrected chi connectivity index (χ4v) is 3.42. The third kappa shape index (κ3) is 5.35. The smallest absolute Gasteiger partial charge is 0.320 e. The van der Waals surface area contributed by atoms with Gasteiger partial charge in [-0.1, -0.05) is 18.2 Å². The molecule has 1 saturated heterocycles. The number of carbonyl (C=O) groups is 2. The van der Waals surface area contributed by atoms with Gasteiger partial charge in [0.05, 0.1) is 6.54 Å². The van der Waals surface area contributed by atoms with Crippen molar-refractivity contribution in [2.75, 3.05) is 25.4 Å². The number of nitrogens with one attached hydrogen (secondary N) is 1. The summed E-state index contributed by atoms with van der Waals surface area (Å²) in [6.07, 6.45) is 2.38. The number of aliphatic carboxylic acids is 1. The fourth-order valence-electron chi connectivity index (χ4n) is 2.54. The maximum atomic E-state index is 11.8. The number of carboxylic acids is 1. The number of carbonyl (C=O) groups excluding carboxylic acids is 1. The molecule has 22 heavy (non-hydrogen) atoms. The van der Waals surface area contributed by atoms with Crippen LogP contribution in [0.3, 0.4) is 0 Å². The lowest BCUT2D eigenvalue weighted by atomic mass is 10.2. The number of carboxylic acid groups (broad SMARTS) is 1. The zero-order chi connectivity index (χ0) is 15.8. The molecule has 1 heterocycles. The first-order valence-corrected chi connectivity index (χ1v) is 8.57. The van der Waals surface area contributed by atoms with Gasteiger partial charge in [-0.15, -0.1) is 11.8 Å². The molecule has 0 aliphatic carbocycles. The van der Waals surface area contributed by atoms with Crippen LogP contribution in [0.5, 0.6) is 0 Å². The van der Waals surface area contributed by atoms with Gasteiger partial charge in [-0.05, 0) is 43.7 Å². The third-order valence-corrected chi connectivity index (χ3v) is 4.75. The largest absolute Gasteiger partial charge is 0.480 e. The maximum absolute atomic E-state index is 11.8. The molecular formula is C16H22N2O3S. The Labute approximate surface area is 135 Å². The second kappa shape index (κ2) is 8.80. The molecule has 1 aromatic carbocycles. The van der Waals surface area contributed by atoms with E-state index >= 15 is 0 Å². The molecule has 6 heteroatoms. The number of hydrogen-bond donors (Lipinski definition) is 2. The molecule has 1 aliphatic rings. The molecule has 1 fully saturated rings. The number of nitrogens with zero attached hydrogens (tertiary/aromatic N) is 1. The van der Waals surface area contributed by atoms with Gasteiger partial charge in [0.1, 0.15) is 6.04 Å². The Morgan fingerprint density at radius 3 is 2.82 bits per heavy atom. The Hall–Kier alpha value is -1.53. The number of likely N-dealkylation sites (tertiary alicyclic amines) is 1. The zero-order valence-corrected chi connectivity index (χ0v) is 13.3. The van der Waals surface area contributed by atoms with Crippen LogP contribution in [0.15, 0.2) is 35.2 Å². The molecule has 2 N–H and O–H groups in total. The molecule has 120 valence electrons. The zero-order valence-electron chi connectivity index (χ0n) is 12.5. The first kappa shape index (κ1) is 16.8. The summed E-state index contributed by atoms with van der Waals surface area (Å²) in [6.45, 7) is 1.50. The predicted molar refractivity (Wildman–Crippen MR) is 87.0 cm³/mol. The molecule has 0 spiro atoms. The molecule has 0 radical (unpaired) electrons. The van der Waals surface area contributed by atoms with Crippen molar-refractivity contribution >= 4 is 23.6 Å². The van der Waals surface area contributed by atoms with Gasteiger partial charge in [-0.2, -0.15) is 0 Å². The minimum absolute atomic E-state index is 0.0853. The van der Waals surface area contributed by atoms with Gasteiger partial charge < -0.3 is 10.4 Å². The van der Waals surface area contributed by atoms with Gasteiger partial charge in [0, 0.05) is 11.4 Å². The summed E-state index contributed by atoms with van der Waals surface area (Å²) < 4.78 is 0. The summed E-state index contributed by atoms with van der Waals surface area (Å²) in [7, 11) is 0. The number of thioether (sulfide) groups is 1. The highest BCUT2D eigenvalue weighted by Gasteiger charge is 2.31.